The first kappa shape index (κ1) is 11.8. The maximum atomic E-state index is 8.99. The Morgan fingerprint density at radius 1 is 1.31 bits per heavy atom. The molecule has 0 atom stereocenters. The van der Waals surface area contributed by atoms with E-state index < -0.39 is 0 Å². The number of nitriles is 2. The SMILES string of the molecule is CCCc1nc(OC)c(C#N)c(N)c1C#N. The molecule has 1 aromatic rings. The van der Waals surface area contributed by atoms with E-state index in [1.165, 1.54) is 7.11 Å². The van der Waals surface area contributed by atoms with Crippen LogP contribution in [0.15, 0.2) is 0 Å². The monoisotopic (exact) mass is 216 g/mol. The summed E-state index contributed by atoms with van der Waals surface area (Å²) in [5, 5.41) is 17.9. The molecule has 0 amide bonds. The maximum Gasteiger partial charge on any atom is 0.233 e. The quantitative estimate of drug-likeness (QED) is 0.823. The summed E-state index contributed by atoms with van der Waals surface area (Å²) < 4.78 is 4.98. The van der Waals surface area contributed by atoms with Crippen LogP contribution < -0.4 is 10.5 Å². The van der Waals surface area contributed by atoms with Gasteiger partial charge in [-0.3, -0.25) is 0 Å². The van der Waals surface area contributed by atoms with Crippen LogP contribution in [0.4, 0.5) is 5.69 Å². The van der Waals surface area contributed by atoms with Crippen molar-refractivity contribution in [1.29, 1.82) is 10.5 Å². The van der Waals surface area contributed by atoms with E-state index in [1.54, 1.807) is 0 Å². The molecular formula is C11H12N4O. The smallest absolute Gasteiger partial charge is 0.233 e. The van der Waals surface area contributed by atoms with E-state index in [4.69, 9.17) is 21.0 Å². The highest BCUT2D eigenvalue weighted by atomic mass is 16.5. The first-order valence-electron chi connectivity index (χ1n) is 4.86. The van der Waals surface area contributed by atoms with E-state index in [1.807, 2.05) is 19.1 Å². The van der Waals surface area contributed by atoms with Gasteiger partial charge >= 0.3 is 0 Å². The third kappa shape index (κ3) is 1.89. The minimum Gasteiger partial charge on any atom is -0.480 e. The Labute approximate surface area is 94.1 Å². The molecule has 0 aliphatic heterocycles. The Kier molecular flexibility index (Phi) is 3.68. The lowest BCUT2D eigenvalue weighted by Gasteiger charge is -2.10. The number of ether oxygens (including phenoxy) is 1. The Balaban J connectivity index is 3.51. The fourth-order valence-corrected chi connectivity index (χ4v) is 1.43. The van der Waals surface area contributed by atoms with Gasteiger partial charge in [-0.25, -0.2) is 4.98 Å². The number of aromatic nitrogens is 1. The van der Waals surface area contributed by atoms with E-state index in [-0.39, 0.29) is 22.7 Å². The number of nitrogen functional groups attached to an aromatic ring is 1. The molecule has 0 spiro atoms. The van der Waals surface area contributed by atoms with Crippen molar-refractivity contribution < 1.29 is 4.74 Å². The molecule has 5 heteroatoms. The minimum atomic E-state index is 0.124. The molecule has 0 radical (unpaired) electrons. The second kappa shape index (κ2) is 4.99. The molecule has 0 aromatic carbocycles. The molecule has 16 heavy (non-hydrogen) atoms. The van der Waals surface area contributed by atoms with Gasteiger partial charge in [-0.15, -0.1) is 0 Å². The van der Waals surface area contributed by atoms with Crippen molar-refractivity contribution >= 4 is 5.69 Å². The van der Waals surface area contributed by atoms with Gasteiger partial charge in [-0.05, 0) is 6.42 Å². The summed E-state index contributed by atoms with van der Waals surface area (Å²) in [6, 6.07) is 3.88. The number of methoxy groups -OCH3 is 1. The number of hydrogen-bond donors (Lipinski definition) is 1. The highest BCUT2D eigenvalue weighted by molar-refractivity contribution is 5.68. The number of nitrogens with two attached hydrogens (primary N) is 1. The van der Waals surface area contributed by atoms with Crippen LogP contribution >= 0.6 is 0 Å². The molecule has 0 saturated heterocycles. The standard InChI is InChI=1S/C11H12N4O/c1-3-4-9-7(5-12)10(14)8(6-13)11(15-9)16-2/h3-4H2,1-2H3,(H2,14,15). The largest absolute Gasteiger partial charge is 0.480 e. The molecule has 0 aliphatic carbocycles. The maximum absolute atomic E-state index is 8.99. The number of aryl methyl sites for hydroxylation is 1. The predicted octanol–water partition coefficient (Wildman–Crippen LogP) is 1.37. The van der Waals surface area contributed by atoms with Crippen LogP contribution in [0.25, 0.3) is 0 Å². The van der Waals surface area contributed by atoms with Crippen molar-refractivity contribution in [3.63, 3.8) is 0 Å². The topological polar surface area (TPSA) is 95.7 Å². The van der Waals surface area contributed by atoms with E-state index in [0.29, 0.717) is 12.1 Å². The third-order valence-corrected chi connectivity index (χ3v) is 2.18. The van der Waals surface area contributed by atoms with Crippen molar-refractivity contribution in [3.8, 4) is 18.0 Å². The van der Waals surface area contributed by atoms with Crippen molar-refractivity contribution in [1.82, 2.24) is 4.98 Å². The number of nitrogens with zero attached hydrogens (tertiary/aromatic N) is 3. The van der Waals surface area contributed by atoms with Crippen LogP contribution in [0.3, 0.4) is 0 Å². The van der Waals surface area contributed by atoms with Gasteiger partial charge in [-0.1, -0.05) is 13.3 Å². The molecule has 82 valence electrons. The summed E-state index contributed by atoms with van der Waals surface area (Å²) in [4.78, 5) is 4.14. The third-order valence-electron chi connectivity index (χ3n) is 2.18. The van der Waals surface area contributed by atoms with Gasteiger partial charge in [-0.2, -0.15) is 10.5 Å². The average molecular weight is 216 g/mol. The second-order valence-corrected chi connectivity index (χ2v) is 3.21. The summed E-state index contributed by atoms with van der Waals surface area (Å²) in [5.41, 5.74) is 6.88. The van der Waals surface area contributed by atoms with E-state index in [9.17, 15) is 0 Å². The zero-order valence-electron chi connectivity index (χ0n) is 9.24. The predicted molar refractivity (Wildman–Crippen MR) is 58.6 cm³/mol. The van der Waals surface area contributed by atoms with E-state index >= 15 is 0 Å². The van der Waals surface area contributed by atoms with Gasteiger partial charge in [0.1, 0.15) is 17.7 Å². The van der Waals surface area contributed by atoms with Crippen LogP contribution in [0.1, 0.15) is 30.2 Å². The number of hydrogen-bond acceptors (Lipinski definition) is 5. The molecule has 2 N–H and O–H groups in total. The summed E-state index contributed by atoms with van der Waals surface area (Å²) in [5.74, 6) is 0.183. The molecule has 1 aromatic heterocycles. The number of rotatable bonds is 3. The van der Waals surface area contributed by atoms with Crippen molar-refractivity contribution in [2.24, 2.45) is 0 Å². The van der Waals surface area contributed by atoms with Crippen LogP contribution in [0.5, 0.6) is 5.88 Å². The molecule has 1 rings (SSSR count). The Morgan fingerprint density at radius 2 is 1.94 bits per heavy atom. The Hall–Kier alpha value is -2.27. The lowest BCUT2D eigenvalue weighted by Crippen LogP contribution is -2.06. The van der Waals surface area contributed by atoms with E-state index in [2.05, 4.69) is 4.98 Å². The zero-order valence-corrected chi connectivity index (χ0v) is 9.24. The Bertz CT molecular complexity index is 482. The fraction of sp³-hybridized carbons (Fsp3) is 0.364. The van der Waals surface area contributed by atoms with Gasteiger partial charge in [0.2, 0.25) is 5.88 Å². The first-order valence-corrected chi connectivity index (χ1v) is 4.86. The summed E-state index contributed by atoms with van der Waals surface area (Å²) in [7, 11) is 1.42. The normalized spacial score (nSPS) is 9.25. The van der Waals surface area contributed by atoms with Crippen LogP contribution in [0, 0.1) is 22.7 Å². The molecular weight excluding hydrogens is 204 g/mol. The molecule has 0 aliphatic rings. The second-order valence-electron chi connectivity index (χ2n) is 3.21. The Morgan fingerprint density at radius 3 is 2.38 bits per heavy atom. The van der Waals surface area contributed by atoms with Gasteiger partial charge in [0, 0.05) is 0 Å². The minimum absolute atomic E-state index is 0.124. The van der Waals surface area contributed by atoms with Crippen molar-refractivity contribution in [2.45, 2.75) is 19.8 Å². The summed E-state index contributed by atoms with van der Waals surface area (Å²) >= 11 is 0. The van der Waals surface area contributed by atoms with Crippen molar-refractivity contribution in [3.05, 3.63) is 16.8 Å². The number of anilines is 1. The molecule has 0 saturated carbocycles. The summed E-state index contributed by atoms with van der Waals surface area (Å²) in [6.45, 7) is 1.98. The van der Waals surface area contributed by atoms with Gasteiger partial charge < -0.3 is 10.5 Å². The van der Waals surface area contributed by atoms with Crippen LogP contribution in [-0.4, -0.2) is 12.1 Å². The summed E-state index contributed by atoms with van der Waals surface area (Å²) in [6.07, 6.45) is 1.48. The highest BCUT2D eigenvalue weighted by Gasteiger charge is 2.17. The zero-order chi connectivity index (χ0) is 12.1. The van der Waals surface area contributed by atoms with E-state index in [0.717, 1.165) is 6.42 Å². The molecule has 0 fully saturated rings. The molecule has 1 heterocycles. The lowest BCUT2D eigenvalue weighted by atomic mass is 10.1. The van der Waals surface area contributed by atoms with Crippen molar-refractivity contribution in [2.75, 3.05) is 12.8 Å². The lowest BCUT2D eigenvalue weighted by molar-refractivity contribution is 0.395. The van der Waals surface area contributed by atoms with Crippen LogP contribution in [0.2, 0.25) is 0 Å². The fourth-order valence-electron chi connectivity index (χ4n) is 1.43. The number of pyridine rings is 1. The highest BCUT2D eigenvalue weighted by Crippen LogP contribution is 2.27. The van der Waals surface area contributed by atoms with Gasteiger partial charge in [0.15, 0.2) is 0 Å². The molecule has 0 unspecified atom stereocenters. The van der Waals surface area contributed by atoms with Gasteiger partial charge in [0.25, 0.3) is 0 Å². The first-order chi connectivity index (χ1) is 7.69. The molecule has 5 nitrogen and oxygen atoms in total. The average Bonchev–Trinajstić information content (AvgIpc) is 2.29. The van der Waals surface area contributed by atoms with Crippen LogP contribution in [-0.2, 0) is 6.42 Å². The molecule has 0 bridgehead atoms. The van der Waals surface area contributed by atoms with Gasteiger partial charge in [0.05, 0.1) is 24.1 Å².